The molecule has 2 aromatic heterocycles. The third kappa shape index (κ3) is 2.68. The van der Waals surface area contributed by atoms with E-state index in [0.29, 0.717) is 0 Å². The first-order chi connectivity index (χ1) is 23.8. The van der Waals surface area contributed by atoms with Gasteiger partial charge in [-0.1, -0.05) is 78.1 Å². The highest BCUT2D eigenvalue weighted by Crippen LogP contribution is 2.41. The average Bonchev–Trinajstić information content (AvgIpc) is 3.67. The quantitative estimate of drug-likeness (QED) is 0.251. The number of fused-ring (bicyclic) bond motifs is 6. The van der Waals surface area contributed by atoms with E-state index >= 15 is 0 Å². The van der Waals surface area contributed by atoms with Gasteiger partial charge in [-0.15, -0.1) is 0 Å². The minimum atomic E-state index is -0.876. The number of halogens is 1. The summed E-state index contributed by atoms with van der Waals surface area (Å²) in [7, 11) is 0. The minimum absolute atomic E-state index is 0.289. The zero-order valence-corrected chi connectivity index (χ0v) is 17.0. The van der Waals surface area contributed by atoms with Crippen LogP contribution in [0.4, 0.5) is 0 Å². The van der Waals surface area contributed by atoms with E-state index in [4.69, 9.17) is 39.3 Å². The first-order valence-corrected chi connectivity index (χ1v) is 9.90. The van der Waals surface area contributed by atoms with Crippen LogP contribution in [-0.4, -0.2) is 4.57 Å². The largest absolute Gasteiger partial charge is 0.455 e. The van der Waals surface area contributed by atoms with Crippen LogP contribution in [0.1, 0.15) is 24.7 Å². The summed E-state index contributed by atoms with van der Waals surface area (Å²) in [6, 6.07) is -13.1. The Kier molecular flexibility index (Phi) is 1.71. The molecule has 33 heavy (non-hydrogen) atoms. The molecule has 2 nitrogen and oxygen atoms in total. The maximum absolute atomic E-state index is 9.44. The zero-order valence-electron chi connectivity index (χ0n) is 34.2. The third-order valence-corrected chi connectivity index (χ3v) is 5.48. The van der Waals surface area contributed by atoms with Crippen molar-refractivity contribution in [2.24, 2.45) is 0 Å². The lowest BCUT2D eigenvalue weighted by atomic mass is 10.0. The minimum Gasteiger partial charge on any atom is -0.455 e. The van der Waals surface area contributed by atoms with Gasteiger partial charge in [-0.3, -0.25) is 0 Å². The number of furan rings is 1. The topological polar surface area (TPSA) is 18.1 Å². The van der Waals surface area contributed by atoms with E-state index in [-0.39, 0.29) is 21.5 Å². The second-order valence-corrected chi connectivity index (χ2v) is 7.33. The lowest BCUT2D eigenvalue weighted by molar-refractivity contribution is 0.670. The van der Waals surface area contributed by atoms with E-state index in [0.717, 1.165) is 4.57 Å². The van der Waals surface area contributed by atoms with Gasteiger partial charge in [0, 0.05) is 32.8 Å². The molecule has 0 saturated carbocycles. The van der Waals surface area contributed by atoms with Crippen LogP contribution >= 0.6 is 11.6 Å². The molecular formula is C30H18ClNO. The fourth-order valence-electron chi connectivity index (χ4n) is 3.83. The highest BCUT2D eigenvalue weighted by molar-refractivity contribution is 6.35. The molecule has 0 spiro atoms. The zero-order chi connectivity index (χ0) is 37.6. The predicted molar refractivity (Wildman–Crippen MR) is 139 cm³/mol. The molecule has 3 heteroatoms. The van der Waals surface area contributed by atoms with Crippen molar-refractivity contribution in [2.45, 2.75) is 0 Å². The summed E-state index contributed by atoms with van der Waals surface area (Å²) >= 11 is 6.64. The molecule has 0 aliphatic heterocycles. The van der Waals surface area contributed by atoms with Crippen molar-refractivity contribution in [3.63, 3.8) is 0 Å². The summed E-state index contributed by atoms with van der Waals surface area (Å²) in [4.78, 5) is 0. The molecule has 7 rings (SSSR count). The maximum atomic E-state index is 9.44. The number of nitrogens with zero attached hydrogens (tertiary/aromatic N) is 1. The standard InChI is InChI=1S/C30H18ClNO/c31-25-17-16-24-23-12-3-6-15-28(23)33-30(24)29(25)19-8-7-9-20(18-19)32-26-13-4-1-10-21(26)22-11-2-5-14-27(22)32/h1-18H/i1D,2D,3D,4D,5D,6D,7D,8D,9D,10D,11D,12D,13D,14D,15D,16D,17D,18D. The van der Waals surface area contributed by atoms with Gasteiger partial charge in [0.25, 0.3) is 0 Å². The molecule has 2 heterocycles. The van der Waals surface area contributed by atoms with Crippen molar-refractivity contribution in [1.82, 2.24) is 4.57 Å². The van der Waals surface area contributed by atoms with Crippen molar-refractivity contribution in [3.05, 3.63) is 114 Å². The fourth-order valence-corrected chi connectivity index (χ4v) is 4.06. The molecule has 0 saturated heterocycles. The van der Waals surface area contributed by atoms with Gasteiger partial charge in [0.05, 0.1) is 40.7 Å². The van der Waals surface area contributed by atoms with Gasteiger partial charge >= 0.3 is 0 Å². The van der Waals surface area contributed by atoms with Crippen LogP contribution in [0.3, 0.4) is 0 Å². The molecule has 7 aromatic rings. The van der Waals surface area contributed by atoms with Crippen LogP contribution in [-0.2, 0) is 0 Å². The first-order valence-electron chi connectivity index (χ1n) is 18.5. The Balaban J connectivity index is 1.77. The van der Waals surface area contributed by atoms with E-state index < -0.39 is 153 Å². The molecule has 0 fully saturated rings. The Hall–Kier alpha value is -4.01. The molecule has 0 radical (unpaired) electrons. The normalized spacial score (nSPS) is 19.4. The van der Waals surface area contributed by atoms with E-state index in [2.05, 4.69) is 0 Å². The van der Waals surface area contributed by atoms with Crippen molar-refractivity contribution < 1.29 is 29.1 Å². The molecular weight excluding hydrogens is 426 g/mol. The molecule has 0 aliphatic carbocycles. The van der Waals surface area contributed by atoms with Gasteiger partial charge in [-0.05, 0) is 47.9 Å². The molecule has 0 atom stereocenters. The van der Waals surface area contributed by atoms with Crippen LogP contribution < -0.4 is 0 Å². The number of aromatic nitrogens is 1. The van der Waals surface area contributed by atoms with Crippen LogP contribution in [0.5, 0.6) is 0 Å². The second kappa shape index (κ2) is 6.99. The van der Waals surface area contributed by atoms with Gasteiger partial charge in [0.15, 0.2) is 0 Å². The van der Waals surface area contributed by atoms with Crippen LogP contribution in [0.2, 0.25) is 5.02 Å². The highest BCUT2D eigenvalue weighted by Gasteiger charge is 2.17. The SMILES string of the molecule is [2H]c1c([2H])c(-c2c(Cl)c([2H])c([2H])c3c2oc2c([2H])c([2H])c([2H])c([2H])c23)c([2H])c(-n2c3c([2H])c([2H])c([2H])c([2H])c3c3c([2H])c([2H])c([2H])c([2H])c32)c1[2H]. The number of para-hydroxylation sites is 3. The summed E-state index contributed by atoms with van der Waals surface area (Å²) in [5.41, 5.74) is -3.51. The number of hydrogen-bond acceptors (Lipinski definition) is 1. The molecule has 5 aromatic carbocycles. The Bertz CT molecular complexity index is 2730. The molecule has 156 valence electrons. The summed E-state index contributed by atoms with van der Waals surface area (Å²) < 4.78 is 162. The Morgan fingerprint density at radius 3 is 2.06 bits per heavy atom. The molecule has 0 unspecified atom stereocenters. The maximum Gasteiger partial charge on any atom is 0.144 e. The van der Waals surface area contributed by atoms with Crippen molar-refractivity contribution in [3.8, 4) is 16.8 Å². The second-order valence-electron chi connectivity index (χ2n) is 6.96. The van der Waals surface area contributed by atoms with Crippen LogP contribution in [0.25, 0.3) is 60.6 Å². The van der Waals surface area contributed by atoms with Crippen LogP contribution in [0.15, 0.2) is 113 Å². The molecule has 0 N–H and O–H groups in total. The summed E-state index contributed by atoms with van der Waals surface area (Å²) in [5, 5.41) is -1.92. The van der Waals surface area contributed by atoms with Crippen molar-refractivity contribution in [2.75, 3.05) is 0 Å². The number of rotatable bonds is 2. The fraction of sp³-hybridized carbons (Fsp3) is 0. The van der Waals surface area contributed by atoms with Gasteiger partial charge in [-0.25, -0.2) is 0 Å². The lowest BCUT2D eigenvalue weighted by Crippen LogP contribution is -1.94. The summed E-state index contributed by atoms with van der Waals surface area (Å²) in [5.74, 6) is 0. The Morgan fingerprint density at radius 1 is 0.636 bits per heavy atom. The van der Waals surface area contributed by atoms with Crippen LogP contribution in [0, 0.1) is 0 Å². The Labute approximate surface area is 220 Å². The van der Waals surface area contributed by atoms with E-state index in [1.807, 2.05) is 0 Å². The summed E-state index contributed by atoms with van der Waals surface area (Å²) in [6.07, 6.45) is 0. The van der Waals surface area contributed by atoms with Gasteiger partial charge in [0.1, 0.15) is 11.2 Å². The Morgan fingerprint density at radius 2 is 1.30 bits per heavy atom. The third-order valence-electron chi connectivity index (χ3n) is 5.20. The lowest BCUT2D eigenvalue weighted by Gasteiger charge is -2.11. The van der Waals surface area contributed by atoms with E-state index in [1.165, 1.54) is 0 Å². The van der Waals surface area contributed by atoms with Crippen molar-refractivity contribution in [1.29, 1.82) is 0 Å². The average molecular weight is 462 g/mol. The molecule has 0 aliphatic rings. The first kappa shape index (κ1) is 8.09. The number of hydrogen-bond donors (Lipinski definition) is 0. The van der Waals surface area contributed by atoms with Gasteiger partial charge < -0.3 is 8.98 Å². The predicted octanol–water partition coefficient (Wildman–Crippen LogP) is 9.00. The van der Waals surface area contributed by atoms with Crippen molar-refractivity contribution >= 4 is 55.3 Å². The van der Waals surface area contributed by atoms with E-state index in [1.54, 1.807) is 0 Å². The summed E-state index contributed by atoms with van der Waals surface area (Å²) in [6.45, 7) is 0. The smallest absolute Gasteiger partial charge is 0.144 e. The van der Waals surface area contributed by atoms with Gasteiger partial charge in [0.2, 0.25) is 0 Å². The highest BCUT2D eigenvalue weighted by atomic mass is 35.5. The molecule has 0 amide bonds. The monoisotopic (exact) mass is 461 g/mol. The molecule has 0 bridgehead atoms. The number of benzene rings is 5. The van der Waals surface area contributed by atoms with E-state index in [9.17, 15) is 1.37 Å². The van der Waals surface area contributed by atoms with Gasteiger partial charge in [-0.2, -0.15) is 0 Å².